The minimum atomic E-state index is -0.588. The van der Waals surface area contributed by atoms with Crippen molar-refractivity contribution in [3.63, 3.8) is 0 Å². The van der Waals surface area contributed by atoms with Crippen LogP contribution >= 0.6 is 22.6 Å². The number of carbonyl (C=O) groups is 3. The Morgan fingerprint density at radius 3 is 2.23 bits per heavy atom. The Kier molecular flexibility index (Phi) is 6.48. The lowest BCUT2D eigenvalue weighted by Gasteiger charge is -2.10. The Bertz CT molecular complexity index is 664. The summed E-state index contributed by atoms with van der Waals surface area (Å²) in [4.78, 5) is 35.2. The molecule has 0 spiro atoms. The first-order valence-corrected chi connectivity index (χ1v) is 7.42. The molecule has 0 bridgehead atoms. The summed E-state index contributed by atoms with van der Waals surface area (Å²) in [6.07, 6.45) is 0. The van der Waals surface area contributed by atoms with Gasteiger partial charge in [0.1, 0.15) is 6.61 Å². The van der Waals surface area contributed by atoms with E-state index < -0.39 is 11.9 Å². The number of anilines is 1. The average molecular weight is 413 g/mol. The van der Waals surface area contributed by atoms with Gasteiger partial charge >= 0.3 is 5.97 Å². The normalized spacial score (nSPS) is 9.77. The number of ether oxygens (including phenoxy) is 1. The van der Waals surface area contributed by atoms with Crippen molar-refractivity contribution >= 4 is 45.9 Å². The molecule has 22 heavy (non-hydrogen) atoms. The molecule has 1 aromatic carbocycles. The first-order chi connectivity index (χ1) is 10.2. The molecule has 1 N–H and O–H groups in total. The Balaban J connectivity index is 3.11. The topological polar surface area (TPSA) is 72.5 Å². The zero-order chi connectivity index (χ0) is 16.9. The molecule has 0 saturated heterocycles. The van der Waals surface area contributed by atoms with Crippen LogP contribution in [0.1, 0.15) is 34.6 Å². The summed E-state index contributed by atoms with van der Waals surface area (Å²) in [6.45, 7) is 10.4. The summed E-state index contributed by atoms with van der Waals surface area (Å²) in [6, 6.07) is 4.37. The second-order valence-corrected chi connectivity index (χ2v) is 6.05. The third kappa shape index (κ3) is 5.44. The van der Waals surface area contributed by atoms with Crippen molar-refractivity contribution in [2.75, 3.05) is 11.9 Å². The Morgan fingerprint density at radius 1 is 1.14 bits per heavy atom. The predicted molar refractivity (Wildman–Crippen MR) is 93.3 cm³/mol. The van der Waals surface area contributed by atoms with Gasteiger partial charge in [-0.05, 0) is 60.2 Å². The highest BCUT2D eigenvalue weighted by atomic mass is 127. The minimum absolute atomic E-state index is 0.0926. The van der Waals surface area contributed by atoms with E-state index in [9.17, 15) is 14.4 Å². The Morgan fingerprint density at radius 2 is 1.73 bits per heavy atom. The first kappa shape index (κ1) is 18.1. The summed E-state index contributed by atoms with van der Waals surface area (Å²) >= 11 is 1.79. The van der Waals surface area contributed by atoms with Crippen LogP contribution in [-0.4, -0.2) is 24.3 Å². The monoisotopic (exact) mass is 413 g/mol. The van der Waals surface area contributed by atoms with Gasteiger partial charge in [0.15, 0.2) is 5.78 Å². The standard InChI is InChI=1S/C16H16INO4/c1-9(2)8-22-16(21)13-5-12(11(4)19)6-14(7-13)18-15(20)10(3)17/h5-7H,1,3,8H2,2,4H3,(H,18,20). The molecule has 0 aliphatic carbocycles. The maximum absolute atomic E-state index is 12.0. The van der Waals surface area contributed by atoms with Crippen LogP contribution in [0.15, 0.2) is 40.5 Å². The lowest BCUT2D eigenvalue weighted by atomic mass is 10.1. The van der Waals surface area contributed by atoms with E-state index >= 15 is 0 Å². The number of benzene rings is 1. The van der Waals surface area contributed by atoms with Gasteiger partial charge < -0.3 is 10.1 Å². The van der Waals surface area contributed by atoms with Crippen molar-refractivity contribution in [1.29, 1.82) is 0 Å². The van der Waals surface area contributed by atoms with Gasteiger partial charge in [0.05, 0.1) is 9.14 Å². The van der Waals surface area contributed by atoms with Crippen molar-refractivity contribution in [2.45, 2.75) is 13.8 Å². The van der Waals surface area contributed by atoms with Crippen molar-refractivity contribution in [1.82, 2.24) is 0 Å². The smallest absolute Gasteiger partial charge is 0.338 e. The fourth-order valence-electron chi connectivity index (χ4n) is 1.49. The molecule has 0 aromatic heterocycles. The minimum Gasteiger partial charge on any atom is -0.458 e. The first-order valence-electron chi connectivity index (χ1n) is 6.34. The molecule has 0 aliphatic rings. The molecule has 1 rings (SSSR count). The molecule has 0 saturated carbocycles. The molecule has 0 aliphatic heterocycles. The molecule has 1 amide bonds. The van der Waals surface area contributed by atoms with Crippen LogP contribution in [0.25, 0.3) is 0 Å². The van der Waals surface area contributed by atoms with E-state index in [4.69, 9.17) is 4.74 Å². The Hall–Kier alpha value is -1.96. The van der Waals surface area contributed by atoms with Crippen molar-refractivity contribution in [3.8, 4) is 0 Å². The van der Waals surface area contributed by atoms with Crippen LogP contribution in [0, 0.1) is 0 Å². The third-order valence-electron chi connectivity index (χ3n) is 2.53. The summed E-state index contributed by atoms with van der Waals surface area (Å²) in [5.41, 5.74) is 1.52. The van der Waals surface area contributed by atoms with Crippen LogP contribution in [0.5, 0.6) is 0 Å². The van der Waals surface area contributed by atoms with Crippen LogP contribution in [0.2, 0.25) is 0 Å². The molecule has 0 unspecified atom stereocenters. The second kappa shape index (κ2) is 7.88. The highest BCUT2D eigenvalue weighted by molar-refractivity contribution is 14.1. The largest absolute Gasteiger partial charge is 0.458 e. The van der Waals surface area contributed by atoms with Crippen molar-refractivity contribution in [2.24, 2.45) is 0 Å². The van der Waals surface area contributed by atoms with E-state index in [-0.39, 0.29) is 21.5 Å². The van der Waals surface area contributed by atoms with Gasteiger partial charge in [-0.2, -0.15) is 0 Å². The highest BCUT2D eigenvalue weighted by Gasteiger charge is 2.14. The molecule has 0 heterocycles. The van der Waals surface area contributed by atoms with E-state index in [0.717, 1.165) is 0 Å². The number of hydrogen-bond acceptors (Lipinski definition) is 4. The van der Waals surface area contributed by atoms with Gasteiger partial charge in [-0.25, -0.2) is 4.79 Å². The van der Waals surface area contributed by atoms with E-state index in [0.29, 0.717) is 16.8 Å². The van der Waals surface area contributed by atoms with Crippen LogP contribution in [0.3, 0.4) is 0 Å². The lowest BCUT2D eigenvalue weighted by Crippen LogP contribution is -2.13. The maximum atomic E-state index is 12.0. The quantitative estimate of drug-likeness (QED) is 0.255. The number of carbonyl (C=O) groups excluding carboxylic acids is 3. The van der Waals surface area contributed by atoms with E-state index in [1.807, 2.05) is 0 Å². The van der Waals surface area contributed by atoms with E-state index in [1.165, 1.54) is 25.1 Å². The summed E-state index contributed by atoms with van der Waals surface area (Å²) < 4.78 is 5.34. The molecule has 0 radical (unpaired) electrons. The van der Waals surface area contributed by atoms with Crippen molar-refractivity contribution in [3.05, 3.63) is 51.6 Å². The van der Waals surface area contributed by atoms with Crippen LogP contribution < -0.4 is 5.32 Å². The zero-order valence-electron chi connectivity index (χ0n) is 12.4. The number of hydrogen-bond donors (Lipinski definition) is 1. The second-order valence-electron chi connectivity index (χ2n) is 4.75. The molecule has 116 valence electrons. The van der Waals surface area contributed by atoms with Crippen molar-refractivity contribution < 1.29 is 19.1 Å². The van der Waals surface area contributed by atoms with Gasteiger partial charge in [0, 0.05) is 11.3 Å². The highest BCUT2D eigenvalue weighted by Crippen LogP contribution is 2.18. The molecule has 1 aromatic rings. The van der Waals surface area contributed by atoms with Gasteiger partial charge in [0.2, 0.25) is 0 Å². The summed E-state index contributed by atoms with van der Waals surface area (Å²) in [5, 5.41) is 2.57. The fourth-order valence-corrected chi connectivity index (χ4v) is 1.63. The maximum Gasteiger partial charge on any atom is 0.338 e. The van der Waals surface area contributed by atoms with Gasteiger partial charge in [0.25, 0.3) is 5.91 Å². The molecular weight excluding hydrogens is 397 g/mol. The van der Waals surface area contributed by atoms with Gasteiger partial charge in [-0.1, -0.05) is 13.2 Å². The van der Waals surface area contributed by atoms with E-state index in [2.05, 4.69) is 18.5 Å². The van der Waals surface area contributed by atoms with Crippen LogP contribution in [-0.2, 0) is 9.53 Å². The summed E-state index contributed by atoms with van der Waals surface area (Å²) in [7, 11) is 0. The SMILES string of the molecule is C=C(C)COC(=O)c1cc(NC(=O)C(=C)I)cc(C(C)=O)c1. The molecule has 5 nitrogen and oxygen atoms in total. The number of ketones is 1. The molecule has 6 heteroatoms. The number of nitrogens with one attached hydrogen (secondary N) is 1. The third-order valence-corrected chi connectivity index (χ3v) is 3.02. The zero-order valence-corrected chi connectivity index (χ0v) is 14.5. The molecule has 0 atom stereocenters. The number of rotatable bonds is 6. The van der Waals surface area contributed by atoms with E-state index in [1.54, 1.807) is 29.5 Å². The predicted octanol–water partition coefficient (Wildman–Crippen LogP) is 3.51. The number of Topliss-reactive ketones (excluding diaryl/α,β-unsaturated/α-hetero) is 1. The molecule has 0 fully saturated rings. The fraction of sp³-hybridized carbons (Fsp3) is 0.188. The molecular formula is C16H16INO4. The summed E-state index contributed by atoms with van der Waals surface area (Å²) in [5.74, 6) is -1.21. The average Bonchev–Trinajstić information content (AvgIpc) is 2.43. The Labute approximate surface area is 142 Å². The number of halogens is 1. The van der Waals surface area contributed by atoms with Gasteiger partial charge in [-0.15, -0.1) is 0 Å². The van der Waals surface area contributed by atoms with Gasteiger partial charge in [-0.3, -0.25) is 9.59 Å². The van der Waals surface area contributed by atoms with Crippen LogP contribution in [0.4, 0.5) is 5.69 Å². The number of amides is 1. The number of esters is 1. The lowest BCUT2D eigenvalue weighted by molar-refractivity contribution is -0.112.